The Morgan fingerprint density at radius 3 is 2.29 bits per heavy atom. The molecule has 1 unspecified atom stereocenters. The number of rotatable bonds is 2. The molecule has 0 spiro atoms. The van der Waals surface area contributed by atoms with Crippen LogP contribution in [0.25, 0.3) is 0 Å². The van der Waals surface area contributed by atoms with Crippen molar-refractivity contribution in [2.75, 3.05) is 19.0 Å². The highest BCUT2D eigenvalue weighted by molar-refractivity contribution is 5.83. The highest BCUT2D eigenvalue weighted by Crippen LogP contribution is 2.25. The average Bonchev–Trinajstić information content (AvgIpc) is 2.13. The van der Waals surface area contributed by atoms with E-state index < -0.39 is 0 Å². The van der Waals surface area contributed by atoms with Gasteiger partial charge in [0.1, 0.15) is 0 Å². The summed E-state index contributed by atoms with van der Waals surface area (Å²) in [5.41, 5.74) is 2.37. The van der Waals surface area contributed by atoms with Crippen molar-refractivity contribution in [3.8, 4) is 0 Å². The van der Waals surface area contributed by atoms with Crippen LogP contribution in [0.1, 0.15) is 18.0 Å². The third-order valence-electron chi connectivity index (χ3n) is 2.54. The third-order valence-corrected chi connectivity index (χ3v) is 2.54. The molecule has 1 aromatic carbocycles. The lowest BCUT2D eigenvalue weighted by molar-refractivity contribution is -0.128. The second kappa shape index (κ2) is 3.33. The van der Waals surface area contributed by atoms with Gasteiger partial charge in [-0.1, -0.05) is 12.1 Å². The molecule has 3 nitrogen and oxygen atoms in total. The van der Waals surface area contributed by atoms with Crippen LogP contribution in [0, 0.1) is 0 Å². The van der Waals surface area contributed by atoms with E-state index in [9.17, 15) is 4.79 Å². The molecule has 0 bridgehead atoms. The Morgan fingerprint density at radius 2 is 1.86 bits per heavy atom. The Labute approximate surface area is 83.7 Å². The predicted octanol–water partition coefficient (Wildman–Crippen LogP) is 1.31. The summed E-state index contributed by atoms with van der Waals surface area (Å²) in [5.74, 6) is 0.145. The largest absolute Gasteiger partial charge is 0.378 e. The quantitative estimate of drug-likeness (QED) is 0.713. The maximum absolute atomic E-state index is 10.7. The van der Waals surface area contributed by atoms with E-state index in [1.807, 2.05) is 14.1 Å². The number of amides is 1. The van der Waals surface area contributed by atoms with Crippen molar-refractivity contribution in [2.24, 2.45) is 0 Å². The lowest BCUT2D eigenvalue weighted by atomic mass is 9.97. The average molecular weight is 190 g/mol. The first kappa shape index (κ1) is 9.06. The van der Waals surface area contributed by atoms with Gasteiger partial charge >= 0.3 is 0 Å². The maximum Gasteiger partial charge on any atom is 0.222 e. The normalized spacial score (nSPS) is 19.9. The van der Waals surface area contributed by atoms with Gasteiger partial charge in [0, 0.05) is 19.8 Å². The Bertz CT molecular complexity index is 335. The van der Waals surface area contributed by atoms with Gasteiger partial charge in [0.25, 0.3) is 0 Å². The van der Waals surface area contributed by atoms with Gasteiger partial charge in [-0.3, -0.25) is 4.79 Å². The number of anilines is 1. The van der Waals surface area contributed by atoms with E-state index in [0.717, 1.165) is 0 Å². The zero-order chi connectivity index (χ0) is 10.1. The van der Waals surface area contributed by atoms with Gasteiger partial charge in [-0.2, -0.15) is 0 Å². The number of nitrogens with zero attached hydrogens (tertiary/aromatic N) is 1. The second-order valence-corrected chi connectivity index (χ2v) is 3.81. The Balaban J connectivity index is 2.10. The van der Waals surface area contributed by atoms with E-state index in [1.54, 1.807) is 0 Å². The highest BCUT2D eigenvalue weighted by Gasteiger charge is 2.26. The van der Waals surface area contributed by atoms with Gasteiger partial charge < -0.3 is 10.2 Å². The molecule has 3 heteroatoms. The molecule has 1 aliphatic heterocycles. The smallest absolute Gasteiger partial charge is 0.222 e. The summed E-state index contributed by atoms with van der Waals surface area (Å²) in [6.07, 6.45) is 0.626. The van der Waals surface area contributed by atoms with E-state index in [-0.39, 0.29) is 11.9 Å². The molecule has 74 valence electrons. The topological polar surface area (TPSA) is 32.3 Å². The molecule has 1 N–H and O–H groups in total. The van der Waals surface area contributed by atoms with E-state index in [0.29, 0.717) is 6.42 Å². The summed E-state index contributed by atoms with van der Waals surface area (Å²) >= 11 is 0. The lowest BCUT2D eigenvalue weighted by Crippen LogP contribution is -2.41. The van der Waals surface area contributed by atoms with Gasteiger partial charge in [0.2, 0.25) is 5.91 Å². The van der Waals surface area contributed by atoms with Crippen molar-refractivity contribution >= 4 is 11.6 Å². The molecular formula is C11H14N2O. The highest BCUT2D eigenvalue weighted by atomic mass is 16.2. The fraction of sp³-hybridized carbons (Fsp3) is 0.364. The van der Waals surface area contributed by atoms with Crippen molar-refractivity contribution in [3.05, 3.63) is 29.8 Å². The van der Waals surface area contributed by atoms with Gasteiger partial charge in [-0.15, -0.1) is 0 Å². The first-order valence-corrected chi connectivity index (χ1v) is 4.73. The fourth-order valence-electron chi connectivity index (χ4n) is 1.56. The first-order valence-electron chi connectivity index (χ1n) is 4.73. The molecule has 0 aromatic heterocycles. The van der Waals surface area contributed by atoms with Crippen LogP contribution in [0.3, 0.4) is 0 Å². The van der Waals surface area contributed by atoms with Crippen LogP contribution in [0.2, 0.25) is 0 Å². The fourth-order valence-corrected chi connectivity index (χ4v) is 1.56. The number of carbonyl (C=O) groups is 1. The Morgan fingerprint density at radius 1 is 1.29 bits per heavy atom. The Kier molecular flexibility index (Phi) is 2.15. The molecule has 2 rings (SSSR count). The maximum atomic E-state index is 10.7. The van der Waals surface area contributed by atoms with Crippen LogP contribution in [0.5, 0.6) is 0 Å². The summed E-state index contributed by atoms with van der Waals surface area (Å²) in [6.45, 7) is 0. The molecular weight excluding hydrogens is 176 g/mol. The minimum absolute atomic E-state index is 0.145. The first-order chi connectivity index (χ1) is 6.66. The number of nitrogens with one attached hydrogen (secondary N) is 1. The number of benzene rings is 1. The summed E-state index contributed by atoms with van der Waals surface area (Å²) < 4.78 is 0. The summed E-state index contributed by atoms with van der Waals surface area (Å²) in [5, 5.41) is 2.86. The van der Waals surface area contributed by atoms with Crippen LogP contribution in [-0.2, 0) is 4.79 Å². The monoisotopic (exact) mass is 190 g/mol. The van der Waals surface area contributed by atoms with E-state index in [1.165, 1.54) is 11.3 Å². The van der Waals surface area contributed by atoms with Crippen molar-refractivity contribution in [1.29, 1.82) is 0 Å². The van der Waals surface area contributed by atoms with Crippen molar-refractivity contribution in [2.45, 2.75) is 12.5 Å². The van der Waals surface area contributed by atoms with E-state index in [4.69, 9.17) is 0 Å². The van der Waals surface area contributed by atoms with Crippen LogP contribution < -0.4 is 10.2 Å². The van der Waals surface area contributed by atoms with E-state index in [2.05, 4.69) is 34.5 Å². The van der Waals surface area contributed by atoms with Crippen molar-refractivity contribution in [3.63, 3.8) is 0 Å². The molecule has 1 fully saturated rings. The van der Waals surface area contributed by atoms with Crippen LogP contribution >= 0.6 is 0 Å². The summed E-state index contributed by atoms with van der Waals surface area (Å²) in [6, 6.07) is 8.51. The summed E-state index contributed by atoms with van der Waals surface area (Å²) in [4.78, 5) is 12.8. The van der Waals surface area contributed by atoms with E-state index >= 15 is 0 Å². The molecule has 0 saturated carbocycles. The number of hydrogen-bond donors (Lipinski definition) is 1. The minimum atomic E-state index is 0.145. The number of β-lactam (4-membered cyclic amide) rings is 1. The summed E-state index contributed by atoms with van der Waals surface area (Å²) in [7, 11) is 4.03. The molecule has 1 heterocycles. The Hall–Kier alpha value is -1.51. The molecule has 0 aliphatic carbocycles. The zero-order valence-electron chi connectivity index (χ0n) is 8.45. The molecule has 1 aromatic rings. The van der Waals surface area contributed by atoms with Crippen LogP contribution in [-0.4, -0.2) is 20.0 Å². The van der Waals surface area contributed by atoms with Crippen LogP contribution in [0.4, 0.5) is 5.69 Å². The number of carbonyl (C=O) groups excluding carboxylic acids is 1. The second-order valence-electron chi connectivity index (χ2n) is 3.81. The predicted molar refractivity (Wildman–Crippen MR) is 56.3 cm³/mol. The standard InChI is InChI=1S/C11H14N2O/c1-13(2)9-5-3-8(4-6-9)10-7-11(14)12-10/h3-6,10H,7H2,1-2H3,(H,12,14). The van der Waals surface area contributed by atoms with Crippen molar-refractivity contribution in [1.82, 2.24) is 5.32 Å². The van der Waals surface area contributed by atoms with Gasteiger partial charge in [-0.25, -0.2) is 0 Å². The minimum Gasteiger partial charge on any atom is -0.378 e. The molecule has 1 saturated heterocycles. The molecule has 0 radical (unpaired) electrons. The van der Waals surface area contributed by atoms with Gasteiger partial charge in [0.05, 0.1) is 12.5 Å². The molecule has 1 aliphatic rings. The lowest BCUT2D eigenvalue weighted by Gasteiger charge is -2.27. The molecule has 14 heavy (non-hydrogen) atoms. The molecule has 1 amide bonds. The third kappa shape index (κ3) is 1.58. The van der Waals surface area contributed by atoms with Crippen molar-refractivity contribution < 1.29 is 4.79 Å². The van der Waals surface area contributed by atoms with Crippen LogP contribution in [0.15, 0.2) is 24.3 Å². The zero-order valence-corrected chi connectivity index (χ0v) is 8.45. The molecule has 1 atom stereocenters. The number of hydrogen-bond acceptors (Lipinski definition) is 2. The SMILES string of the molecule is CN(C)c1ccc(C2CC(=O)N2)cc1. The van der Waals surface area contributed by atoms with Gasteiger partial charge in [0.15, 0.2) is 0 Å². The van der Waals surface area contributed by atoms with Gasteiger partial charge in [-0.05, 0) is 17.7 Å².